The Kier molecular flexibility index (Phi) is 4.43. The minimum atomic E-state index is 0.574. The molecule has 0 saturated carbocycles. The summed E-state index contributed by atoms with van der Waals surface area (Å²) < 4.78 is 0. The summed E-state index contributed by atoms with van der Waals surface area (Å²) in [4.78, 5) is 10.5. The summed E-state index contributed by atoms with van der Waals surface area (Å²) in [6.45, 7) is 0.670. The molecule has 0 spiro atoms. The number of hydrogen-bond acceptors (Lipinski definition) is 4. The highest BCUT2D eigenvalue weighted by Gasteiger charge is 2.19. The zero-order chi connectivity index (χ0) is 17.8. The average Bonchev–Trinajstić information content (AvgIpc) is 2.69. The number of para-hydroxylation sites is 1. The quantitative estimate of drug-likeness (QED) is 0.734. The Morgan fingerprint density at radius 2 is 1.88 bits per heavy atom. The van der Waals surface area contributed by atoms with Crippen LogP contribution < -0.4 is 10.2 Å². The third-order valence-corrected chi connectivity index (χ3v) is 4.34. The summed E-state index contributed by atoms with van der Waals surface area (Å²) in [5.74, 6) is 1.38. The molecule has 0 radical (unpaired) electrons. The van der Waals surface area contributed by atoms with E-state index >= 15 is 0 Å². The molecule has 0 atom stereocenters. The fourth-order valence-corrected chi connectivity index (χ4v) is 3.02. The second kappa shape index (κ2) is 7.19. The van der Waals surface area contributed by atoms with E-state index in [1.165, 1.54) is 0 Å². The van der Waals surface area contributed by atoms with Crippen molar-refractivity contribution in [2.24, 2.45) is 0 Å². The molecule has 0 unspecified atom stereocenters. The van der Waals surface area contributed by atoms with Crippen LogP contribution in [0.2, 0.25) is 0 Å². The van der Waals surface area contributed by atoms with Crippen LogP contribution >= 0.6 is 0 Å². The van der Waals surface area contributed by atoms with Gasteiger partial charge < -0.3 is 10.2 Å². The summed E-state index contributed by atoms with van der Waals surface area (Å²) >= 11 is 0. The Morgan fingerprint density at radius 3 is 2.65 bits per heavy atom. The molecule has 3 aromatic rings. The fourth-order valence-electron chi connectivity index (χ4n) is 3.02. The number of anilines is 3. The normalized spacial score (nSPS) is 14.1. The Bertz CT molecular complexity index is 935. The summed E-state index contributed by atoms with van der Waals surface area (Å²) in [6.07, 6.45) is 8.10. The number of nitrogens with zero attached hydrogens (tertiary/aromatic N) is 3. The van der Waals surface area contributed by atoms with Crippen molar-refractivity contribution in [2.45, 2.75) is 6.42 Å². The van der Waals surface area contributed by atoms with Crippen molar-refractivity contribution in [1.82, 2.24) is 9.97 Å². The van der Waals surface area contributed by atoms with Crippen molar-refractivity contribution in [2.75, 3.05) is 16.8 Å². The summed E-state index contributed by atoms with van der Waals surface area (Å²) in [5.41, 5.74) is 4.20. The van der Waals surface area contributed by atoms with Gasteiger partial charge in [-0.3, -0.25) is 10.4 Å². The summed E-state index contributed by atoms with van der Waals surface area (Å²) in [7, 11) is 0. The zero-order valence-electron chi connectivity index (χ0n) is 14.3. The van der Waals surface area contributed by atoms with Crippen LogP contribution in [-0.4, -0.2) is 22.3 Å². The van der Waals surface area contributed by atoms with Crippen LogP contribution in [0.3, 0.4) is 0 Å². The van der Waals surface area contributed by atoms with E-state index in [1.807, 2.05) is 59.5 Å². The van der Waals surface area contributed by atoms with Crippen LogP contribution in [0.15, 0.2) is 79.3 Å². The molecule has 5 nitrogen and oxygen atoms in total. The lowest BCUT2D eigenvalue weighted by Gasteiger charge is -2.28. The molecule has 5 heteroatoms. The summed E-state index contributed by atoms with van der Waals surface area (Å²) in [6, 6.07) is 17.9. The molecule has 4 rings (SSSR count). The van der Waals surface area contributed by atoms with Crippen LogP contribution in [0.25, 0.3) is 5.57 Å². The lowest BCUT2D eigenvalue weighted by Crippen LogP contribution is -2.33. The maximum Gasteiger partial charge on any atom is 0.130 e. The maximum atomic E-state index is 8.42. The molecule has 3 heterocycles. The molecule has 0 bridgehead atoms. The molecule has 128 valence electrons. The van der Waals surface area contributed by atoms with E-state index in [0.29, 0.717) is 18.8 Å². The first-order valence-electron chi connectivity index (χ1n) is 8.52. The monoisotopic (exact) mass is 341 g/mol. The smallest absolute Gasteiger partial charge is 0.130 e. The van der Waals surface area contributed by atoms with E-state index < -0.39 is 0 Å². The van der Waals surface area contributed by atoms with Crippen molar-refractivity contribution in [1.29, 1.82) is 5.41 Å². The molecule has 26 heavy (non-hydrogen) atoms. The molecule has 1 aliphatic rings. The molecule has 0 saturated heterocycles. The van der Waals surface area contributed by atoms with Crippen LogP contribution in [0.1, 0.15) is 12.0 Å². The van der Waals surface area contributed by atoms with E-state index in [-0.39, 0.29) is 0 Å². The number of nitrogens with one attached hydrogen (secondary N) is 2. The van der Waals surface area contributed by atoms with Crippen molar-refractivity contribution in [3.8, 4) is 0 Å². The molecule has 0 amide bonds. The van der Waals surface area contributed by atoms with Gasteiger partial charge in [0.05, 0.1) is 11.9 Å². The predicted molar refractivity (Wildman–Crippen MR) is 106 cm³/mol. The van der Waals surface area contributed by atoms with Crippen molar-refractivity contribution >= 4 is 28.6 Å². The molecule has 0 aliphatic carbocycles. The number of hydrogen-bond donors (Lipinski definition) is 2. The first kappa shape index (κ1) is 16.0. The number of aromatic nitrogens is 2. The molecule has 2 aromatic heterocycles. The number of benzene rings is 1. The van der Waals surface area contributed by atoms with Crippen molar-refractivity contribution in [3.63, 3.8) is 0 Å². The Balaban J connectivity index is 1.54. The minimum Gasteiger partial charge on any atom is -0.340 e. The van der Waals surface area contributed by atoms with Crippen molar-refractivity contribution < 1.29 is 0 Å². The van der Waals surface area contributed by atoms with Crippen LogP contribution in [0.5, 0.6) is 0 Å². The third-order valence-electron chi connectivity index (χ3n) is 4.34. The highest BCUT2D eigenvalue weighted by atomic mass is 15.2. The van der Waals surface area contributed by atoms with Crippen molar-refractivity contribution in [3.05, 3.63) is 84.8 Å². The van der Waals surface area contributed by atoms with Gasteiger partial charge in [0, 0.05) is 31.0 Å². The number of rotatable bonds is 4. The van der Waals surface area contributed by atoms with Crippen LogP contribution in [0, 0.1) is 5.41 Å². The van der Waals surface area contributed by atoms with Crippen LogP contribution in [-0.2, 0) is 0 Å². The molecule has 1 aromatic carbocycles. The SMILES string of the molecule is N=C1CC(c2ccnc(Nc3ccccc3)c2)=CCN1c1cccnc1. The molecular formula is C21H19N5. The first-order valence-corrected chi connectivity index (χ1v) is 8.52. The highest BCUT2D eigenvalue weighted by Crippen LogP contribution is 2.27. The third kappa shape index (κ3) is 3.47. The van der Waals surface area contributed by atoms with Gasteiger partial charge in [-0.05, 0) is 47.5 Å². The van der Waals surface area contributed by atoms with Gasteiger partial charge in [0.2, 0.25) is 0 Å². The second-order valence-electron chi connectivity index (χ2n) is 6.10. The maximum absolute atomic E-state index is 8.42. The van der Waals surface area contributed by atoms with Gasteiger partial charge in [-0.1, -0.05) is 24.3 Å². The highest BCUT2D eigenvalue weighted by molar-refractivity contribution is 6.03. The Labute approximate surface area is 152 Å². The van der Waals surface area contributed by atoms with Gasteiger partial charge in [-0.2, -0.15) is 0 Å². The van der Waals surface area contributed by atoms with Gasteiger partial charge in [0.25, 0.3) is 0 Å². The lowest BCUT2D eigenvalue weighted by molar-refractivity contribution is 1.05. The zero-order valence-corrected chi connectivity index (χ0v) is 14.3. The molecule has 2 N–H and O–H groups in total. The van der Waals surface area contributed by atoms with Gasteiger partial charge in [-0.25, -0.2) is 4.98 Å². The van der Waals surface area contributed by atoms with E-state index in [4.69, 9.17) is 5.41 Å². The molecular weight excluding hydrogens is 322 g/mol. The summed E-state index contributed by atoms with van der Waals surface area (Å²) in [5, 5.41) is 11.7. The number of amidine groups is 1. The molecule has 0 fully saturated rings. The van der Waals surface area contributed by atoms with Crippen LogP contribution in [0.4, 0.5) is 17.2 Å². The van der Waals surface area contributed by atoms with Gasteiger partial charge >= 0.3 is 0 Å². The topological polar surface area (TPSA) is 64.9 Å². The van der Waals surface area contributed by atoms with E-state index in [9.17, 15) is 0 Å². The minimum absolute atomic E-state index is 0.574. The second-order valence-corrected chi connectivity index (χ2v) is 6.10. The van der Waals surface area contributed by atoms with Gasteiger partial charge in [0.1, 0.15) is 11.7 Å². The molecule has 1 aliphatic heterocycles. The number of pyridine rings is 2. The largest absolute Gasteiger partial charge is 0.340 e. The van der Waals surface area contributed by atoms with Gasteiger partial charge in [-0.15, -0.1) is 0 Å². The Morgan fingerprint density at radius 1 is 1.00 bits per heavy atom. The fraction of sp³-hybridized carbons (Fsp3) is 0.0952. The van der Waals surface area contributed by atoms with E-state index in [2.05, 4.69) is 21.4 Å². The predicted octanol–water partition coefficient (Wildman–Crippen LogP) is 4.49. The van der Waals surface area contributed by atoms with E-state index in [0.717, 1.165) is 28.3 Å². The average molecular weight is 341 g/mol. The first-order chi connectivity index (χ1) is 12.8. The Hall–Kier alpha value is -3.47. The lowest BCUT2D eigenvalue weighted by atomic mass is 9.99. The van der Waals surface area contributed by atoms with Gasteiger partial charge in [0.15, 0.2) is 0 Å². The standard InChI is InChI=1S/C21H19N5/c22-20-13-17(9-12-26(20)19-7-4-10-23-15-19)16-8-11-24-21(14-16)25-18-5-2-1-3-6-18/h1-11,14-15,22H,12-13H2,(H,24,25). The van der Waals surface area contributed by atoms with E-state index in [1.54, 1.807) is 18.6 Å².